The maximum Gasteiger partial charge on any atom is 0.400 e. The molecule has 2 rings (SSSR count). The van der Waals surface area contributed by atoms with E-state index in [1.54, 1.807) is 6.08 Å². The lowest BCUT2D eigenvalue weighted by Crippen LogP contribution is -2.45. The van der Waals surface area contributed by atoms with E-state index in [2.05, 4.69) is 4.74 Å². The number of carbonyl (C=O) groups excluding carboxylic acids is 1. The molecule has 1 aromatic rings. The van der Waals surface area contributed by atoms with Crippen LogP contribution in [0.15, 0.2) is 48.6 Å². The Balaban J connectivity index is 2.44. The zero-order chi connectivity index (χ0) is 17.1. The number of hydrogen-bond acceptors (Lipinski definition) is 3. The molecule has 0 aromatic heterocycles. The summed E-state index contributed by atoms with van der Waals surface area (Å²) in [5, 5.41) is 0. The Morgan fingerprint density at radius 1 is 1.17 bits per heavy atom. The smallest absolute Gasteiger partial charge is 0.400 e. The molecule has 0 bridgehead atoms. The monoisotopic (exact) mass is 326 g/mol. The first-order valence-electron chi connectivity index (χ1n) is 6.95. The Bertz CT molecular complexity index is 617. The molecule has 0 saturated carbocycles. The first-order valence-corrected chi connectivity index (χ1v) is 6.95. The number of hydrogen-bond donors (Lipinski definition) is 0. The Morgan fingerprint density at radius 2 is 1.83 bits per heavy atom. The molecular weight excluding hydrogens is 309 g/mol. The zero-order valence-electron chi connectivity index (χ0n) is 12.8. The van der Waals surface area contributed by atoms with Gasteiger partial charge >= 0.3 is 12.1 Å². The number of ether oxygens (including phenoxy) is 2. The molecule has 3 nitrogen and oxygen atoms in total. The molecule has 1 aliphatic carbocycles. The van der Waals surface area contributed by atoms with Crippen molar-refractivity contribution in [3.05, 3.63) is 59.7 Å². The zero-order valence-corrected chi connectivity index (χ0v) is 12.8. The highest BCUT2D eigenvalue weighted by Gasteiger charge is 2.58. The molecule has 0 saturated heterocycles. The summed E-state index contributed by atoms with van der Waals surface area (Å²) < 4.78 is 50.7. The van der Waals surface area contributed by atoms with Gasteiger partial charge in [-0.2, -0.15) is 13.2 Å². The van der Waals surface area contributed by atoms with Gasteiger partial charge in [-0.1, -0.05) is 36.4 Å². The van der Waals surface area contributed by atoms with Crippen molar-refractivity contribution in [1.82, 2.24) is 0 Å². The van der Waals surface area contributed by atoms with Gasteiger partial charge in [0.25, 0.3) is 0 Å². The second kappa shape index (κ2) is 6.58. The van der Waals surface area contributed by atoms with E-state index in [0.29, 0.717) is 5.56 Å². The van der Waals surface area contributed by atoms with Gasteiger partial charge in [0, 0.05) is 13.0 Å². The number of benzene rings is 1. The number of rotatable bonds is 4. The molecule has 1 aromatic carbocycles. The first-order chi connectivity index (χ1) is 10.9. The molecular formula is C17H17F3O3. The van der Waals surface area contributed by atoms with E-state index in [1.807, 2.05) is 0 Å². The van der Waals surface area contributed by atoms with E-state index in [4.69, 9.17) is 4.74 Å². The molecule has 0 aliphatic heterocycles. The SMILES string of the molecule is COCC1(C(F)(F)F)C=CC=CC1c1ccc(C(=O)OC)cc1. The number of allylic oxidation sites excluding steroid dienone is 3. The van der Waals surface area contributed by atoms with Crippen LogP contribution in [-0.2, 0) is 9.47 Å². The molecule has 0 radical (unpaired) electrons. The van der Waals surface area contributed by atoms with Gasteiger partial charge in [0.2, 0.25) is 0 Å². The van der Waals surface area contributed by atoms with Gasteiger partial charge in [-0.25, -0.2) is 4.79 Å². The Morgan fingerprint density at radius 3 is 2.35 bits per heavy atom. The van der Waals surface area contributed by atoms with Crippen molar-refractivity contribution in [3.8, 4) is 0 Å². The molecule has 0 fully saturated rings. The van der Waals surface area contributed by atoms with E-state index in [0.717, 1.165) is 6.08 Å². The third kappa shape index (κ3) is 3.17. The van der Waals surface area contributed by atoms with Crippen LogP contribution in [0.1, 0.15) is 21.8 Å². The average molecular weight is 326 g/mol. The lowest BCUT2D eigenvalue weighted by molar-refractivity contribution is -0.223. The summed E-state index contributed by atoms with van der Waals surface area (Å²) in [7, 11) is 2.50. The predicted octanol–water partition coefficient (Wildman–Crippen LogP) is 3.88. The van der Waals surface area contributed by atoms with E-state index in [9.17, 15) is 18.0 Å². The second-order valence-electron chi connectivity index (χ2n) is 5.31. The number of alkyl halides is 3. The van der Waals surface area contributed by atoms with E-state index in [-0.39, 0.29) is 5.56 Å². The van der Waals surface area contributed by atoms with Gasteiger partial charge in [-0.15, -0.1) is 0 Å². The summed E-state index contributed by atoms with van der Waals surface area (Å²) in [4.78, 5) is 11.4. The highest BCUT2D eigenvalue weighted by atomic mass is 19.4. The molecule has 124 valence electrons. The maximum absolute atomic E-state index is 13.7. The van der Waals surface area contributed by atoms with Crippen molar-refractivity contribution in [2.75, 3.05) is 20.8 Å². The maximum atomic E-state index is 13.7. The van der Waals surface area contributed by atoms with Gasteiger partial charge < -0.3 is 9.47 Å². The lowest BCUT2D eigenvalue weighted by Gasteiger charge is -2.39. The first kappa shape index (κ1) is 17.3. The van der Waals surface area contributed by atoms with Crippen molar-refractivity contribution < 1.29 is 27.4 Å². The highest BCUT2D eigenvalue weighted by molar-refractivity contribution is 5.89. The van der Waals surface area contributed by atoms with Gasteiger partial charge in [0.1, 0.15) is 5.41 Å². The van der Waals surface area contributed by atoms with Crippen LogP contribution in [-0.4, -0.2) is 33.0 Å². The highest BCUT2D eigenvalue weighted by Crippen LogP contribution is 2.52. The minimum atomic E-state index is -4.48. The standard InChI is InChI=1S/C17H17F3O3/c1-22-11-16(17(18,19)20)10-4-3-5-14(16)12-6-8-13(9-7-12)15(21)23-2/h3-10,14H,11H2,1-2H3. The summed E-state index contributed by atoms with van der Waals surface area (Å²) in [5.41, 5.74) is -1.40. The average Bonchev–Trinajstić information content (AvgIpc) is 2.54. The van der Waals surface area contributed by atoms with Crippen LogP contribution in [0.3, 0.4) is 0 Å². The minimum Gasteiger partial charge on any atom is -0.465 e. The van der Waals surface area contributed by atoms with Crippen molar-refractivity contribution >= 4 is 5.97 Å². The van der Waals surface area contributed by atoms with Crippen LogP contribution >= 0.6 is 0 Å². The van der Waals surface area contributed by atoms with E-state index >= 15 is 0 Å². The number of esters is 1. The lowest BCUT2D eigenvalue weighted by atomic mass is 9.69. The second-order valence-corrected chi connectivity index (χ2v) is 5.31. The summed E-state index contributed by atoms with van der Waals surface area (Å²) in [5.74, 6) is -1.46. The Labute approximate surface area is 132 Å². The Hall–Kier alpha value is -2.08. The predicted molar refractivity (Wildman–Crippen MR) is 79.2 cm³/mol. The number of methoxy groups -OCH3 is 2. The summed E-state index contributed by atoms with van der Waals surface area (Å²) in [6, 6.07) is 5.94. The van der Waals surface area contributed by atoms with Crippen molar-refractivity contribution in [2.24, 2.45) is 5.41 Å². The summed E-state index contributed by atoms with van der Waals surface area (Å²) >= 11 is 0. The molecule has 2 atom stereocenters. The molecule has 0 spiro atoms. The number of halogens is 3. The third-order valence-corrected chi connectivity index (χ3v) is 3.97. The van der Waals surface area contributed by atoms with Gasteiger partial charge in [0.15, 0.2) is 0 Å². The fourth-order valence-corrected chi connectivity index (χ4v) is 2.76. The number of carbonyl (C=O) groups is 1. The van der Waals surface area contributed by atoms with Crippen LogP contribution < -0.4 is 0 Å². The largest absolute Gasteiger partial charge is 0.465 e. The van der Waals surface area contributed by atoms with Crippen molar-refractivity contribution in [1.29, 1.82) is 0 Å². The van der Waals surface area contributed by atoms with Crippen LogP contribution in [0.2, 0.25) is 0 Å². The molecule has 2 unspecified atom stereocenters. The summed E-state index contributed by atoms with van der Waals surface area (Å²) in [6.07, 6.45) is 1.12. The van der Waals surface area contributed by atoms with Crippen LogP contribution in [0.5, 0.6) is 0 Å². The fourth-order valence-electron chi connectivity index (χ4n) is 2.76. The molecule has 23 heavy (non-hydrogen) atoms. The van der Waals surface area contributed by atoms with Crippen LogP contribution in [0.4, 0.5) is 13.2 Å². The molecule has 0 N–H and O–H groups in total. The van der Waals surface area contributed by atoms with Crippen LogP contribution in [0.25, 0.3) is 0 Å². The van der Waals surface area contributed by atoms with Gasteiger partial charge in [-0.3, -0.25) is 0 Å². The van der Waals surface area contributed by atoms with Crippen molar-refractivity contribution in [2.45, 2.75) is 12.1 Å². The quantitative estimate of drug-likeness (QED) is 0.788. The summed E-state index contributed by atoms with van der Waals surface area (Å²) in [6.45, 7) is -0.485. The van der Waals surface area contributed by atoms with Gasteiger partial charge in [-0.05, 0) is 17.7 Å². The third-order valence-electron chi connectivity index (χ3n) is 3.97. The minimum absolute atomic E-state index is 0.288. The topological polar surface area (TPSA) is 35.5 Å². The molecule has 1 aliphatic rings. The van der Waals surface area contributed by atoms with Crippen LogP contribution in [0, 0.1) is 5.41 Å². The Kier molecular flexibility index (Phi) is 4.94. The normalized spacial score (nSPS) is 23.8. The van der Waals surface area contributed by atoms with Crippen molar-refractivity contribution in [3.63, 3.8) is 0 Å². The fraction of sp³-hybridized carbons (Fsp3) is 0.353. The molecule has 0 amide bonds. The molecule has 6 heteroatoms. The van der Waals surface area contributed by atoms with Gasteiger partial charge in [0.05, 0.1) is 19.3 Å². The van der Waals surface area contributed by atoms with E-state index in [1.165, 1.54) is 50.6 Å². The van der Waals surface area contributed by atoms with E-state index < -0.39 is 30.1 Å². The molecule has 0 heterocycles.